The smallest absolute Gasteiger partial charge is 0.270 e. The lowest BCUT2D eigenvalue weighted by Crippen LogP contribution is -2.00. The number of hydrogen-bond acceptors (Lipinski definition) is 4. The van der Waals surface area contributed by atoms with Gasteiger partial charge in [-0.05, 0) is 29.8 Å². The molecule has 0 fully saturated rings. The normalized spacial score (nSPS) is 9.80. The van der Waals surface area contributed by atoms with Crippen molar-refractivity contribution in [3.8, 4) is 6.07 Å². The number of nitrogens with one attached hydrogen (secondary N) is 1. The molecule has 0 amide bonds. The standard InChI is InChI=1S/C14H10ClN3O2/c15-14-7-13(18(19)20)5-4-11(14)9-17-12-3-1-2-10(6-12)8-16/h1-7,17H,9H2. The summed E-state index contributed by atoms with van der Waals surface area (Å²) in [6, 6.07) is 13.4. The molecule has 0 aliphatic heterocycles. The average Bonchev–Trinajstić information content (AvgIpc) is 2.46. The average molecular weight is 288 g/mol. The van der Waals surface area contributed by atoms with Crippen molar-refractivity contribution in [2.24, 2.45) is 0 Å². The summed E-state index contributed by atoms with van der Waals surface area (Å²) >= 11 is 6.00. The number of nitrogens with zero attached hydrogens (tertiary/aromatic N) is 2. The first-order valence-corrected chi connectivity index (χ1v) is 6.15. The van der Waals surface area contributed by atoms with Crippen LogP contribution in [0.4, 0.5) is 11.4 Å². The third-order valence-electron chi connectivity index (χ3n) is 2.72. The molecule has 20 heavy (non-hydrogen) atoms. The summed E-state index contributed by atoms with van der Waals surface area (Å²) in [6.45, 7) is 0.422. The zero-order chi connectivity index (χ0) is 14.5. The Morgan fingerprint density at radius 2 is 2.10 bits per heavy atom. The van der Waals surface area contributed by atoms with Gasteiger partial charge in [0.25, 0.3) is 5.69 Å². The van der Waals surface area contributed by atoms with Crippen LogP contribution in [-0.4, -0.2) is 4.92 Å². The Balaban J connectivity index is 2.11. The molecule has 0 atom stereocenters. The van der Waals surface area contributed by atoms with E-state index in [1.807, 2.05) is 6.07 Å². The van der Waals surface area contributed by atoms with E-state index < -0.39 is 4.92 Å². The van der Waals surface area contributed by atoms with Gasteiger partial charge in [0.15, 0.2) is 0 Å². The molecule has 0 unspecified atom stereocenters. The minimum Gasteiger partial charge on any atom is -0.381 e. The van der Waals surface area contributed by atoms with Gasteiger partial charge in [-0.1, -0.05) is 17.7 Å². The fraction of sp³-hybridized carbons (Fsp3) is 0.0714. The predicted octanol–water partition coefficient (Wildman–Crippen LogP) is 3.73. The maximum absolute atomic E-state index is 10.6. The number of nitro groups is 1. The van der Waals surface area contributed by atoms with E-state index in [0.717, 1.165) is 11.3 Å². The minimum absolute atomic E-state index is 0.0368. The van der Waals surface area contributed by atoms with Crippen LogP contribution in [-0.2, 0) is 6.54 Å². The van der Waals surface area contributed by atoms with Crippen LogP contribution < -0.4 is 5.32 Å². The van der Waals surface area contributed by atoms with Crippen LogP contribution in [0.3, 0.4) is 0 Å². The van der Waals surface area contributed by atoms with E-state index >= 15 is 0 Å². The van der Waals surface area contributed by atoms with E-state index in [1.165, 1.54) is 12.1 Å². The lowest BCUT2D eigenvalue weighted by atomic mass is 10.2. The first-order chi connectivity index (χ1) is 9.60. The fourth-order valence-electron chi connectivity index (χ4n) is 1.69. The van der Waals surface area contributed by atoms with E-state index in [9.17, 15) is 10.1 Å². The largest absolute Gasteiger partial charge is 0.381 e. The molecular weight excluding hydrogens is 278 g/mol. The number of nitro benzene ring substituents is 1. The molecule has 2 aromatic carbocycles. The molecule has 100 valence electrons. The highest BCUT2D eigenvalue weighted by Gasteiger charge is 2.09. The third-order valence-corrected chi connectivity index (χ3v) is 3.07. The topological polar surface area (TPSA) is 79.0 Å². The first-order valence-electron chi connectivity index (χ1n) is 5.77. The van der Waals surface area contributed by atoms with E-state index in [-0.39, 0.29) is 5.69 Å². The van der Waals surface area contributed by atoms with E-state index in [1.54, 1.807) is 24.3 Å². The van der Waals surface area contributed by atoms with Crippen molar-refractivity contribution in [2.45, 2.75) is 6.54 Å². The molecule has 0 heterocycles. The number of anilines is 1. The second-order valence-electron chi connectivity index (χ2n) is 4.08. The molecule has 0 spiro atoms. The van der Waals surface area contributed by atoms with Crippen molar-refractivity contribution in [3.05, 3.63) is 68.7 Å². The Morgan fingerprint density at radius 1 is 1.30 bits per heavy atom. The molecule has 5 nitrogen and oxygen atoms in total. The van der Waals surface area contributed by atoms with Crippen LogP contribution in [0.1, 0.15) is 11.1 Å². The Kier molecular flexibility index (Phi) is 4.18. The van der Waals surface area contributed by atoms with Gasteiger partial charge in [0.2, 0.25) is 0 Å². The number of rotatable bonds is 4. The molecule has 0 aliphatic rings. The highest BCUT2D eigenvalue weighted by Crippen LogP contribution is 2.23. The molecule has 2 rings (SSSR count). The van der Waals surface area contributed by atoms with Gasteiger partial charge < -0.3 is 5.32 Å². The molecular formula is C14H10ClN3O2. The minimum atomic E-state index is -0.487. The van der Waals surface area contributed by atoms with Gasteiger partial charge in [-0.25, -0.2) is 0 Å². The van der Waals surface area contributed by atoms with Crippen LogP contribution in [0.25, 0.3) is 0 Å². The predicted molar refractivity (Wildman–Crippen MR) is 76.6 cm³/mol. The summed E-state index contributed by atoms with van der Waals surface area (Å²) in [4.78, 5) is 10.1. The van der Waals surface area contributed by atoms with E-state index in [4.69, 9.17) is 16.9 Å². The van der Waals surface area contributed by atoms with Gasteiger partial charge in [-0.2, -0.15) is 5.26 Å². The number of nitriles is 1. The van der Waals surface area contributed by atoms with Gasteiger partial charge >= 0.3 is 0 Å². The van der Waals surface area contributed by atoms with Gasteiger partial charge in [0, 0.05) is 24.4 Å². The van der Waals surface area contributed by atoms with Crippen LogP contribution in [0.2, 0.25) is 5.02 Å². The zero-order valence-electron chi connectivity index (χ0n) is 10.3. The van der Waals surface area contributed by atoms with Crippen molar-refractivity contribution in [1.82, 2.24) is 0 Å². The van der Waals surface area contributed by atoms with Crippen LogP contribution >= 0.6 is 11.6 Å². The molecule has 1 N–H and O–H groups in total. The molecule has 0 radical (unpaired) electrons. The number of non-ortho nitro benzene ring substituents is 1. The monoisotopic (exact) mass is 287 g/mol. The Labute approximate surface area is 120 Å². The quantitative estimate of drug-likeness (QED) is 0.686. The van der Waals surface area contributed by atoms with E-state index in [2.05, 4.69) is 11.4 Å². The van der Waals surface area contributed by atoms with Gasteiger partial charge in [0.1, 0.15) is 0 Å². The Hall–Kier alpha value is -2.58. The summed E-state index contributed by atoms with van der Waals surface area (Å²) in [6.07, 6.45) is 0. The number of hydrogen-bond donors (Lipinski definition) is 1. The molecule has 0 bridgehead atoms. The highest BCUT2D eigenvalue weighted by atomic mass is 35.5. The summed E-state index contributed by atoms with van der Waals surface area (Å²) in [5, 5.41) is 22.9. The molecule has 6 heteroatoms. The SMILES string of the molecule is N#Cc1cccc(NCc2ccc([N+](=O)[O-])cc2Cl)c1. The number of halogens is 1. The van der Waals surface area contributed by atoms with Crippen LogP contribution in [0, 0.1) is 21.4 Å². The lowest BCUT2D eigenvalue weighted by molar-refractivity contribution is -0.384. The second-order valence-corrected chi connectivity index (χ2v) is 4.49. The van der Waals surface area contributed by atoms with Crippen molar-refractivity contribution in [1.29, 1.82) is 5.26 Å². The Morgan fingerprint density at radius 3 is 2.75 bits per heavy atom. The zero-order valence-corrected chi connectivity index (χ0v) is 11.1. The van der Waals surface area contributed by atoms with Gasteiger partial charge in [0.05, 0.1) is 21.6 Å². The summed E-state index contributed by atoms with van der Waals surface area (Å²) in [7, 11) is 0. The van der Waals surface area contributed by atoms with Crippen LogP contribution in [0.5, 0.6) is 0 Å². The maximum Gasteiger partial charge on any atom is 0.270 e. The molecule has 0 saturated heterocycles. The molecule has 0 aliphatic carbocycles. The molecule has 0 saturated carbocycles. The maximum atomic E-state index is 10.6. The number of benzene rings is 2. The van der Waals surface area contributed by atoms with Crippen molar-refractivity contribution >= 4 is 23.0 Å². The summed E-state index contributed by atoms with van der Waals surface area (Å²) in [5.41, 5.74) is 2.06. The third kappa shape index (κ3) is 3.25. The van der Waals surface area contributed by atoms with Crippen molar-refractivity contribution < 1.29 is 4.92 Å². The lowest BCUT2D eigenvalue weighted by Gasteiger charge is -2.08. The first kappa shape index (κ1) is 13.8. The van der Waals surface area contributed by atoms with Gasteiger partial charge in [-0.3, -0.25) is 10.1 Å². The Bertz CT molecular complexity index is 695. The van der Waals surface area contributed by atoms with E-state index in [0.29, 0.717) is 17.1 Å². The summed E-state index contributed by atoms with van der Waals surface area (Å²) in [5.74, 6) is 0. The second kappa shape index (κ2) is 6.04. The highest BCUT2D eigenvalue weighted by molar-refractivity contribution is 6.31. The molecule has 2 aromatic rings. The van der Waals surface area contributed by atoms with Gasteiger partial charge in [-0.15, -0.1) is 0 Å². The molecule has 0 aromatic heterocycles. The van der Waals surface area contributed by atoms with Crippen molar-refractivity contribution in [3.63, 3.8) is 0 Å². The van der Waals surface area contributed by atoms with Crippen LogP contribution in [0.15, 0.2) is 42.5 Å². The fourth-order valence-corrected chi connectivity index (χ4v) is 1.93. The van der Waals surface area contributed by atoms with Crippen molar-refractivity contribution in [2.75, 3.05) is 5.32 Å². The summed E-state index contributed by atoms with van der Waals surface area (Å²) < 4.78 is 0.